The average molecular weight is 420 g/mol. The van der Waals surface area contributed by atoms with Crippen LogP contribution in [0.4, 0.5) is 10.7 Å². The molecular formula is C17H16N4O5S2. The smallest absolute Gasteiger partial charge is 0.324 e. The van der Waals surface area contributed by atoms with E-state index in [0.29, 0.717) is 23.6 Å². The molecule has 2 amide bonds. The Morgan fingerprint density at radius 1 is 1.29 bits per heavy atom. The van der Waals surface area contributed by atoms with Gasteiger partial charge in [0.05, 0.1) is 21.7 Å². The fourth-order valence-electron chi connectivity index (χ4n) is 2.52. The molecule has 0 unspecified atom stereocenters. The average Bonchev–Trinajstić information content (AvgIpc) is 3.24. The summed E-state index contributed by atoms with van der Waals surface area (Å²) in [6, 6.07) is 8.11. The van der Waals surface area contributed by atoms with E-state index in [0.717, 1.165) is 21.6 Å². The van der Waals surface area contributed by atoms with Gasteiger partial charge >= 0.3 is 5.00 Å². The van der Waals surface area contributed by atoms with Crippen molar-refractivity contribution in [1.29, 1.82) is 0 Å². The number of hydrogen-bond acceptors (Lipinski definition) is 7. The molecule has 1 aromatic carbocycles. The summed E-state index contributed by atoms with van der Waals surface area (Å²) in [7, 11) is 1.58. The molecule has 0 saturated carbocycles. The van der Waals surface area contributed by atoms with E-state index in [9.17, 15) is 19.7 Å². The fraction of sp³-hybridized carbons (Fsp3) is 0.235. The summed E-state index contributed by atoms with van der Waals surface area (Å²) in [5, 5.41) is 13.4. The third-order valence-electron chi connectivity index (χ3n) is 3.70. The molecule has 2 aromatic heterocycles. The van der Waals surface area contributed by atoms with Crippen LogP contribution in [-0.2, 0) is 16.1 Å². The number of thiazole rings is 1. The molecule has 3 rings (SSSR count). The number of carbonyl (C=O) groups is 2. The molecule has 2 heterocycles. The third kappa shape index (κ3) is 4.32. The Labute approximate surface area is 167 Å². The van der Waals surface area contributed by atoms with Crippen LogP contribution in [0.15, 0.2) is 35.3 Å². The summed E-state index contributed by atoms with van der Waals surface area (Å²) in [6.07, 6.45) is 0. The van der Waals surface area contributed by atoms with Crippen LogP contribution in [0.25, 0.3) is 10.2 Å². The molecule has 9 nitrogen and oxygen atoms in total. The highest BCUT2D eigenvalue weighted by Crippen LogP contribution is 2.25. The summed E-state index contributed by atoms with van der Waals surface area (Å²) >= 11 is 2.08. The van der Waals surface area contributed by atoms with Gasteiger partial charge in [-0.2, -0.15) is 4.99 Å². The minimum Gasteiger partial charge on any atom is -0.383 e. The largest absolute Gasteiger partial charge is 0.383 e. The van der Waals surface area contributed by atoms with Gasteiger partial charge in [-0.15, -0.1) is 0 Å². The molecule has 0 spiro atoms. The molecule has 28 heavy (non-hydrogen) atoms. The number of rotatable bonds is 6. The van der Waals surface area contributed by atoms with Crippen molar-refractivity contribution in [3.05, 3.63) is 50.1 Å². The lowest BCUT2D eigenvalue weighted by Crippen LogP contribution is -2.19. The van der Waals surface area contributed by atoms with Crippen molar-refractivity contribution in [2.45, 2.75) is 13.5 Å². The SMILES string of the molecule is COCCn1c(=NC(=O)c2ccc([N+](=O)[O-])s2)sc2cc(NC(C)=O)ccc21. The number of anilines is 1. The first-order valence-electron chi connectivity index (χ1n) is 8.12. The lowest BCUT2D eigenvalue weighted by atomic mass is 10.3. The zero-order valence-electron chi connectivity index (χ0n) is 15.0. The Hall–Kier alpha value is -2.89. The topological polar surface area (TPSA) is 116 Å². The van der Waals surface area contributed by atoms with E-state index in [1.807, 2.05) is 16.7 Å². The van der Waals surface area contributed by atoms with Gasteiger partial charge in [-0.25, -0.2) is 0 Å². The summed E-state index contributed by atoms with van der Waals surface area (Å²) in [6.45, 7) is 2.33. The third-order valence-corrected chi connectivity index (χ3v) is 5.77. The van der Waals surface area contributed by atoms with Gasteiger partial charge in [0.1, 0.15) is 4.88 Å². The van der Waals surface area contributed by atoms with E-state index in [4.69, 9.17) is 4.74 Å². The molecule has 0 atom stereocenters. The Bertz CT molecular complexity index is 1130. The van der Waals surface area contributed by atoms with E-state index in [1.54, 1.807) is 13.2 Å². The van der Waals surface area contributed by atoms with E-state index in [1.165, 1.54) is 30.4 Å². The predicted octanol–water partition coefficient (Wildman–Crippen LogP) is 3.02. The quantitative estimate of drug-likeness (QED) is 0.486. The van der Waals surface area contributed by atoms with E-state index < -0.39 is 10.8 Å². The monoisotopic (exact) mass is 420 g/mol. The van der Waals surface area contributed by atoms with Crippen molar-refractivity contribution in [3.8, 4) is 0 Å². The summed E-state index contributed by atoms with van der Waals surface area (Å²) in [5.41, 5.74) is 1.49. The second kappa shape index (κ2) is 8.42. The molecule has 1 N–H and O–H groups in total. The standard InChI is InChI=1S/C17H16N4O5S2/c1-10(22)18-11-3-4-12-14(9-11)28-17(20(12)7-8-26-2)19-16(23)13-5-6-15(27-13)21(24)25/h3-6,9H,7-8H2,1-2H3,(H,18,22). The first kappa shape index (κ1) is 19.9. The Balaban J connectivity index is 2.05. The minimum atomic E-state index is -0.544. The molecule has 0 aliphatic rings. The Morgan fingerprint density at radius 2 is 2.07 bits per heavy atom. The fourth-order valence-corrected chi connectivity index (χ4v) is 4.32. The molecule has 11 heteroatoms. The normalized spacial score (nSPS) is 11.7. The highest BCUT2D eigenvalue weighted by atomic mass is 32.1. The zero-order chi connectivity index (χ0) is 20.3. The maximum atomic E-state index is 12.5. The van der Waals surface area contributed by atoms with E-state index in [2.05, 4.69) is 10.3 Å². The van der Waals surface area contributed by atoms with Gasteiger partial charge in [-0.3, -0.25) is 19.7 Å². The molecule has 0 bridgehead atoms. The number of carbonyl (C=O) groups excluding carboxylic acids is 2. The molecule has 0 aliphatic heterocycles. The van der Waals surface area contributed by atoms with Crippen LogP contribution in [0.1, 0.15) is 16.6 Å². The number of nitrogens with zero attached hydrogens (tertiary/aromatic N) is 3. The molecule has 0 fully saturated rings. The van der Waals surface area contributed by atoms with Gasteiger partial charge in [-0.1, -0.05) is 22.7 Å². The number of nitro groups is 1. The van der Waals surface area contributed by atoms with Crippen molar-refractivity contribution in [1.82, 2.24) is 4.57 Å². The summed E-state index contributed by atoms with van der Waals surface area (Å²) < 4.78 is 7.83. The molecule has 0 radical (unpaired) electrons. The van der Waals surface area contributed by atoms with Gasteiger partial charge in [0.25, 0.3) is 5.91 Å². The molecular weight excluding hydrogens is 404 g/mol. The molecule has 0 aliphatic carbocycles. The maximum absolute atomic E-state index is 12.5. The van der Waals surface area contributed by atoms with Gasteiger partial charge in [0, 0.05) is 32.3 Å². The van der Waals surface area contributed by atoms with Crippen LogP contribution in [-0.4, -0.2) is 35.0 Å². The highest BCUT2D eigenvalue weighted by Gasteiger charge is 2.16. The zero-order valence-corrected chi connectivity index (χ0v) is 16.6. The van der Waals surface area contributed by atoms with Crippen LogP contribution in [0.5, 0.6) is 0 Å². The number of hydrogen-bond donors (Lipinski definition) is 1. The number of nitrogens with one attached hydrogen (secondary N) is 1. The van der Waals surface area contributed by atoms with Crippen molar-refractivity contribution >= 4 is 55.4 Å². The van der Waals surface area contributed by atoms with Gasteiger partial charge < -0.3 is 14.6 Å². The van der Waals surface area contributed by atoms with Crippen LogP contribution < -0.4 is 10.1 Å². The van der Waals surface area contributed by atoms with Crippen molar-refractivity contribution < 1.29 is 19.2 Å². The summed E-state index contributed by atoms with van der Waals surface area (Å²) in [4.78, 5) is 38.9. The molecule has 0 saturated heterocycles. The van der Waals surface area contributed by atoms with E-state index in [-0.39, 0.29) is 15.8 Å². The summed E-state index contributed by atoms with van der Waals surface area (Å²) in [5.74, 6) is -0.722. The molecule has 3 aromatic rings. The predicted molar refractivity (Wildman–Crippen MR) is 107 cm³/mol. The highest BCUT2D eigenvalue weighted by molar-refractivity contribution is 7.17. The van der Waals surface area contributed by atoms with Crippen LogP contribution in [0.2, 0.25) is 0 Å². The number of ether oxygens (including phenoxy) is 1. The number of thiophene rings is 1. The van der Waals surface area contributed by atoms with Crippen molar-refractivity contribution in [3.63, 3.8) is 0 Å². The second-order valence-electron chi connectivity index (χ2n) is 5.70. The van der Waals surface area contributed by atoms with Crippen LogP contribution >= 0.6 is 22.7 Å². The first-order chi connectivity index (χ1) is 13.4. The van der Waals surface area contributed by atoms with Gasteiger partial charge in [0.2, 0.25) is 5.91 Å². The lowest BCUT2D eigenvalue weighted by molar-refractivity contribution is -0.380. The number of methoxy groups -OCH3 is 1. The maximum Gasteiger partial charge on any atom is 0.324 e. The first-order valence-corrected chi connectivity index (χ1v) is 9.75. The number of amides is 2. The minimum absolute atomic E-state index is 0.109. The van der Waals surface area contributed by atoms with Gasteiger partial charge in [0.15, 0.2) is 4.80 Å². The number of aromatic nitrogens is 1. The van der Waals surface area contributed by atoms with Gasteiger partial charge in [-0.05, 0) is 24.3 Å². The Kier molecular flexibility index (Phi) is 5.97. The van der Waals surface area contributed by atoms with Crippen molar-refractivity contribution in [2.75, 3.05) is 19.0 Å². The molecule has 146 valence electrons. The van der Waals surface area contributed by atoms with E-state index >= 15 is 0 Å². The van der Waals surface area contributed by atoms with Crippen LogP contribution in [0.3, 0.4) is 0 Å². The number of benzene rings is 1. The Morgan fingerprint density at radius 3 is 2.71 bits per heavy atom. The van der Waals surface area contributed by atoms with Crippen molar-refractivity contribution in [2.24, 2.45) is 4.99 Å². The number of fused-ring (bicyclic) bond motifs is 1. The second-order valence-corrected chi connectivity index (χ2v) is 7.78. The van der Waals surface area contributed by atoms with Crippen LogP contribution in [0, 0.1) is 10.1 Å². The lowest BCUT2D eigenvalue weighted by Gasteiger charge is -2.05.